The highest BCUT2D eigenvalue weighted by Crippen LogP contribution is 2.17. The topological polar surface area (TPSA) is 60.0 Å². The Kier molecular flexibility index (Phi) is 3.33. The van der Waals surface area contributed by atoms with E-state index in [1.165, 1.54) is 4.57 Å². The fourth-order valence-corrected chi connectivity index (χ4v) is 2.17. The van der Waals surface area contributed by atoms with Gasteiger partial charge in [-0.15, -0.1) is 0 Å². The van der Waals surface area contributed by atoms with Crippen molar-refractivity contribution in [1.29, 1.82) is 0 Å². The first-order valence-corrected chi connectivity index (χ1v) is 6.52. The van der Waals surface area contributed by atoms with E-state index in [1.807, 2.05) is 6.07 Å². The van der Waals surface area contributed by atoms with E-state index < -0.39 is 5.60 Å². The molecule has 0 aliphatic rings. The normalized spacial score (nSPS) is 12.3. The predicted molar refractivity (Wildman–Crippen MR) is 73.6 cm³/mol. The Hall–Kier alpha value is -1.14. The molecule has 0 radical (unpaired) electrons. The zero-order chi connectivity index (χ0) is 13.5. The first-order valence-electron chi connectivity index (χ1n) is 5.73. The second-order valence-corrected chi connectivity index (χ2v) is 5.97. The quantitative estimate of drug-likeness (QED) is 0.937. The number of aliphatic hydroxyl groups is 1. The van der Waals surface area contributed by atoms with E-state index in [0.717, 1.165) is 9.99 Å². The molecule has 0 saturated carbocycles. The van der Waals surface area contributed by atoms with Crippen molar-refractivity contribution in [2.24, 2.45) is 7.05 Å². The summed E-state index contributed by atoms with van der Waals surface area (Å²) in [6, 6.07) is 1.87. The van der Waals surface area contributed by atoms with E-state index in [-0.39, 0.29) is 5.69 Å². The molecule has 0 saturated heterocycles. The van der Waals surface area contributed by atoms with Crippen LogP contribution in [0.3, 0.4) is 0 Å². The number of pyridine rings is 1. The number of fused-ring (bicyclic) bond motifs is 1. The third-order valence-corrected chi connectivity index (χ3v) is 3.32. The number of hydrogen-bond donors (Lipinski definition) is 1. The van der Waals surface area contributed by atoms with Crippen molar-refractivity contribution in [3.63, 3.8) is 0 Å². The summed E-state index contributed by atoms with van der Waals surface area (Å²) in [4.78, 5) is 16.3. The van der Waals surface area contributed by atoms with Gasteiger partial charge in [0.25, 0.3) is 0 Å². The molecule has 1 N–H and O–H groups in total. The molecule has 2 aromatic heterocycles. The molecular formula is C12H16BrN3O2. The molecule has 0 bridgehead atoms. The van der Waals surface area contributed by atoms with Gasteiger partial charge in [0.2, 0.25) is 0 Å². The lowest BCUT2D eigenvalue weighted by atomic mass is 10.1. The van der Waals surface area contributed by atoms with E-state index in [2.05, 4.69) is 20.9 Å². The van der Waals surface area contributed by atoms with E-state index >= 15 is 0 Å². The molecule has 0 spiro atoms. The lowest BCUT2D eigenvalue weighted by Gasteiger charge is -2.16. The molecule has 98 valence electrons. The maximum absolute atomic E-state index is 12.1. The molecule has 0 aliphatic heterocycles. The van der Waals surface area contributed by atoms with Crippen LogP contribution in [0.4, 0.5) is 0 Å². The first-order chi connectivity index (χ1) is 8.29. The van der Waals surface area contributed by atoms with Gasteiger partial charge in [-0.05, 0) is 42.3 Å². The predicted octanol–water partition coefficient (Wildman–Crippen LogP) is 1.66. The van der Waals surface area contributed by atoms with Crippen LogP contribution in [0.5, 0.6) is 0 Å². The van der Waals surface area contributed by atoms with Gasteiger partial charge in [0.05, 0.1) is 11.1 Å². The number of nitrogens with zero attached hydrogens (tertiary/aromatic N) is 3. The van der Waals surface area contributed by atoms with E-state index in [1.54, 1.807) is 31.7 Å². The van der Waals surface area contributed by atoms with Crippen molar-refractivity contribution in [1.82, 2.24) is 14.1 Å². The zero-order valence-corrected chi connectivity index (χ0v) is 12.2. The van der Waals surface area contributed by atoms with E-state index in [4.69, 9.17) is 0 Å². The molecule has 0 aromatic carbocycles. The van der Waals surface area contributed by atoms with Crippen LogP contribution >= 0.6 is 15.9 Å². The number of halogens is 1. The third-order valence-electron chi connectivity index (χ3n) is 2.89. The SMILES string of the molecule is Cn1c(=O)n(CCC(C)(C)O)c2cc(Br)cnc21. The summed E-state index contributed by atoms with van der Waals surface area (Å²) in [7, 11) is 1.70. The lowest BCUT2D eigenvalue weighted by Crippen LogP contribution is -2.27. The molecule has 6 heteroatoms. The van der Waals surface area contributed by atoms with Gasteiger partial charge in [0.15, 0.2) is 5.65 Å². The van der Waals surface area contributed by atoms with Gasteiger partial charge in [-0.3, -0.25) is 9.13 Å². The van der Waals surface area contributed by atoms with E-state index in [0.29, 0.717) is 18.6 Å². The van der Waals surface area contributed by atoms with Crippen molar-refractivity contribution in [2.45, 2.75) is 32.4 Å². The monoisotopic (exact) mass is 313 g/mol. The van der Waals surface area contributed by atoms with Gasteiger partial charge in [-0.1, -0.05) is 0 Å². The molecule has 18 heavy (non-hydrogen) atoms. The Labute approximate surface area is 113 Å². The summed E-state index contributed by atoms with van der Waals surface area (Å²) < 4.78 is 4.00. The molecular weight excluding hydrogens is 298 g/mol. The summed E-state index contributed by atoms with van der Waals surface area (Å²) in [6.07, 6.45) is 2.18. The van der Waals surface area contributed by atoms with Gasteiger partial charge < -0.3 is 5.11 Å². The van der Waals surface area contributed by atoms with Crippen LogP contribution in [0.15, 0.2) is 21.5 Å². The lowest BCUT2D eigenvalue weighted by molar-refractivity contribution is 0.0662. The Morgan fingerprint density at radius 3 is 2.78 bits per heavy atom. The highest BCUT2D eigenvalue weighted by Gasteiger charge is 2.16. The van der Waals surface area contributed by atoms with Gasteiger partial charge in [-0.2, -0.15) is 0 Å². The van der Waals surface area contributed by atoms with Crippen LogP contribution in [0.25, 0.3) is 11.2 Å². The zero-order valence-electron chi connectivity index (χ0n) is 10.6. The largest absolute Gasteiger partial charge is 0.390 e. The minimum absolute atomic E-state index is 0.111. The maximum atomic E-state index is 12.1. The molecule has 2 rings (SSSR count). The molecule has 2 aromatic rings. The van der Waals surface area contributed by atoms with Crippen molar-refractivity contribution < 1.29 is 5.11 Å². The molecule has 0 atom stereocenters. The second kappa shape index (κ2) is 4.51. The van der Waals surface area contributed by atoms with E-state index in [9.17, 15) is 9.90 Å². The van der Waals surface area contributed by atoms with Gasteiger partial charge in [0, 0.05) is 24.3 Å². The Morgan fingerprint density at radius 1 is 1.50 bits per heavy atom. The van der Waals surface area contributed by atoms with Gasteiger partial charge in [0.1, 0.15) is 0 Å². The number of aryl methyl sites for hydroxylation is 2. The van der Waals surface area contributed by atoms with Crippen molar-refractivity contribution in [3.8, 4) is 0 Å². The number of hydrogen-bond acceptors (Lipinski definition) is 3. The van der Waals surface area contributed by atoms with Crippen molar-refractivity contribution >= 4 is 27.1 Å². The van der Waals surface area contributed by atoms with Gasteiger partial charge in [-0.25, -0.2) is 9.78 Å². The van der Waals surface area contributed by atoms with Crippen molar-refractivity contribution in [3.05, 3.63) is 27.2 Å². The highest BCUT2D eigenvalue weighted by molar-refractivity contribution is 9.10. The smallest absolute Gasteiger partial charge is 0.330 e. The first kappa shape index (κ1) is 13.3. The summed E-state index contributed by atoms with van der Waals surface area (Å²) in [6.45, 7) is 3.94. The molecule has 0 fully saturated rings. The number of rotatable bonds is 3. The van der Waals surface area contributed by atoms with Crippen LogP contribution in [0, 0.1) is 0 Å². The summed E-state index contributed by atoms with van der Waals surface area (Å²) in [5.41, 5.74) is 0.529. The number of aromatic nitrogens is 3. The highest BCUT2D eigenvalue weighted by atomic mass is 79.9. The average molecular weight is 314 g/mol. The molecule has 0 unspecified atom stereocenters. The summed E-state index contributed by atoms with van der Waals surface area (Å²) in [5, 5.41) is 9.76. The minimum Gasteiger partial charge on any atom is -0.390 e. The Morgan fingerprint density at radius 2 is 2.17 bits per heavy atom. The van der Waals surface area contributed by atoms with Crippen LogP contribution in [0.2, 0.25) is 0 Å². The van der Waals surface area contributed by atoms with Crippen LogP contribution in [0.1, 0.15) is 20.3 Å². The Balaban J connectivity index is 2.52. The average Bonchev–Trinajstić information content (AvgIpc) is 2.48. The number of imidazole rings is 1. The Bertz CT molecular complexity index is 637. The van der Waals surface area contributed by atoms with Crippen molar-refractivity contribution in [2.75, 3.05) is 0 Å². The summed E-state index contributed by atoms with van der Waals surface area (Å²) >= 11 is 3.35. The van der Waals surface area contributed by atoms with Crippen LogP contribution in [-0.4, -0.2) is 24.8 Å². The fraction of sp³-hybridized carbons (Fsp3) is 0.500. The van der Waals surface area contributed by atoms with Crippen LogP contribution in [-0.2, 0) is 13.6 Å². The standard InChI is InChI=1S/C12H16BrN3O2/c1-12(2,18)4-5-16-9-6-8(13)7-14-10(9)15(3)11(16)17/h6-7,18H,4-5H2,1-3H3. The molecule has 5 nitrogen and oxygen atoms in total. The molecule has 0 aliphatic carbocycles. The minimum atomic E-state index is -0.791. The van der Waals surface area contributed by atoms with Crippen LogP contribution < -0.4 is 5.69 Å². The van der Waals surface area contributed by atoms with Gasteiger partial charge >= 0.3 is 5.69 Å². The molecule has 2 heterocycles. The fourth-order valence-electron chi connectivity index (χ4n) is 1.85. The second-order valence-electron chi connectivity index (χ2n) is 5.05. The maximum Gasteiger partial charge on any atom is 0.330 e. The summed E-state index contributed by atoms with van der Waals surface area (Å²) in [5.74, 6) is 0. The third kappa shape index (κ3) is 2.49. The molecule has 0 amide bonds.